The fourth-order valence-corrected chi connectivity index (χ4v) is 1.62. The molecule has 0 amide bonds. The predicted octanol–water partition coefficient (Wildman–Crippen LogP) is 1.49. The summed E-state index contributed by atoms with van der Waals surface area (Å²) in [5, 5.41) is 8.89. The second-order valence-corrected chi connectivity index (χ2v) is 3.42. The van der Waals surface area contributed by atoms with Gasteiger partial charge < -0.3 is 20.3 Å². The van der Waals surface area contributed by atoms with Gasteiger partial charge in [0.15, 0.2) is 6.79 Å². The van der Waals surface area contributed by atoms with E-state index in [0.29, 0.717) is 11.3 Å². The molecule has 0 unspecified atom stereocenters. The van der Waals surface area contributed by atoms with Gasteiger partial charge in [-0.2, -0.15) is 0 Å². The van der Waals surface area contributed by atoms with Crippen molar-refractivity contribution in [1.82, 2.24) is 0 Å². The van der Waals surface area contributed by atoms with Crippen molar-refractivity contribution in [2.45, 2.75) is 6.61 Å². The summed E-state index contributed by atoms with van der Waals surface area (Å²) < 4.78 is 10.1. The van der Waals surface area contributed by atoms with Crippen molar-refractivity contribution >= 4 is 23.3 Å². The summed E-state index contributed by atoms with van der Waals surface area (Å²) in [5.74, 6) is -0.717. The van der Waals surface area contributed by atoms with Gasteiger partial charge in [0.1, 0.15) is 5.75 Å². The highest BCUT2D eigenvalue weighted by Gasteiger charge is 2.21. The number of rotatable bonds is 1. The van der Waals surface area contributed by atoms with Crippen LogP contribution in [0.1, 0.15) is 15.9 Å². The molecule has 5 nitrogen and oxygen atoms in total. The summed E-state index contributed by atoms with van der Waals surface area (Å²) in [6, 6.07) is 1.36. The minimum Gasteiger partial charge on any atom is -0.478 e. The molecule has 0 saturated heterocycles. The summed E-state index contributed by atoms with van der Waals surface area (Å²) >= 11 is 5.81. The number of hydrogen-bond acceptors (Lipinski definition) is 4. The molecule has 15 heavy (non-hydrogen) atoms. The van der Waals surface area contributed by atoms with Crippen LogP contribution >= 0.6 is 11.6 Å². The second-order valence-electron chi connectivity index (χ2n) is 3.04. The van der Waals surface area contributed by atoms with E-state index in [0.717, 1.165) is 0 Å². The van der Waals surface area contributed by atoms with Crippen molar-refractivity contribution in [2.24, 2.45) is 0 Å². The van der Waals surface area contributed by atoms with Gasteiger partial charge >= 0.3 is 5.97 Å². The van der Waals surface area contributed by atoms with Gasteiger partial charge in [0.05, 0.1) is 22.9 Å². The van der Waals surface area contributed by atoms with Gasteiger partial charge in [-0.3, -0.25) is 0 Å². The fourth-order valence-electron chi connectivity index (χ4n) is 1.37. The summed E-state index contributed by atoms with van der Waals surface area (Å²) in [6.45, 7) is 0.369. The zero-order valence-corrected chi connectivity index (χ0v) is 8.37. The normalized spacial score (nSPS) is 14.2. The van der Waals surface area contributed by atoms with E-state index in [9.17, 15) is 4.79 Å². The monoisotopic (exact) mass is 229 g/mol. The molecule has 0 fully saturated rings. The first-order valence-corrected chi connectivity index (χ1v) is 4.53. The minimum atomic E-state index is -1.13. The van der Waals surface area contributed by atoms with E-state index in [-0.39, 0.29) is 29.7 Å². The number of carboxylic acid groups (broad SMARTS) is 1. The fraction of sp³-hybridized carbons (Fsp3) is 0.222. The molecule has 0 spiro atoms. The first kappa shape index (κ1) is 10.1. The predicted molar refractivity (Wildman–Crippen MR) is 53.1 cm³/mol. The van der Waals surface area contributed by atoms with Gasteiger partial charge in [0.25, 0.3) is 0 Å². The Bertz CT molecular complexity index is 433. The lowest BCUT2D eigenvalue weighted by atomic mass is 10.1. The number of nitrogen functional groups attached to an aromatic ring is 1. The van der Waals surface area contributed by atoms with Crippen LogP contribution in [-0.4, -0.2) is 17.9 Å². The number of benzene rings is 1. The average Bonchev–Trinajstić information content (AvgIpc) is 2.23. The standard InChI is InChI=1S/C9H8ClNO4/c10-7-4(9(12)13)1-6-5(8(7)11)2-14-3-15-6/h1H,2-3,11H2,(H,12,13). The molecule has 0 saturated carbocycles. The number of ether oxygens (including phenoxy) is 2. The quantitative estimate of drug-likeness (QED) is 0.713. The van der Waals surface area contributed by atoms with Gasteiger partial charge in [-0.1, -0.05) is 11.6 Å². The molecular weight excluding hydrogens is 222 g/mol. The van der Waals surface area contributed by atoms with Crippen LogP contribution in [0.4, 0.5) is 5.69 Å². The third kappa shape index (κ3) is 1.60. The van der Waals surface area contributed by atoms with Crippen LogP contribution < -0.4 is 10.5 Å². The van der Waals surface area contributed by atoms with Gasteiger partial charge in [-0.05, 0) is 6.07 Å². The molecule has 0 aliphatic carbocycles. The SMILES string of the molecule is Nc1c(Cl)c(C(=O)O)cc2c1COCO2. The number of carbonyl (C=O) groups is 1. The molecule has 0 atom stereocenters. The van der Waals surface area contributed by atoms with Gasteiger partial charge in [-0.15, -0.1) is 0 Å². The lowest BCUT2D eigenvalue weighted by molar-refractivity contribution is -0.0160. The van der Waals surface area contributed by atoms with Crippen molar-refractivity contribution in [2.75, 3.05) is 12.5 Å². The average molecular weight is 230 g/mol. The van der Waals surface area contributed by atoms with E-state index in [2.05, 4.69) is 0 Å². The summed E-state index contributed by atoms with van der Waals surface area (Å²) in [7, 11) is 0. The van der Waals surface area contributed by atoms with Crippen LogP contribution in [0.25, 0.3) is 0 Å². The summed E-state index contributed by atoms with van der Waals surface area (Å²) in [4.78, 5) is 10.8. The maximum Gasteiger partial charge on any atom is 0.337 e. The molecule has 1 aromatic carbocycles. The molecule has 0 radical (unpaired) electrons. The van der Waals surface area contributed by atoms with Crippen molar-refractivity contribution in [3.05, 3.63) is 22.2 Å². The van der Waals surface area contributed by atoms with Crippen LogP contribution in [0, 0.1) is 0 Å². The highest BCUT2D eigenvalue weighted by molar-refractivity contribution is 6.36. The zero-order valence-electron chi connectivity index (χ0n) is 7.62. The van der Waals surface area contributed by atoms with E-state index in [1.54, 1.807) is 0 Å². The third-order valence-electron chi connectivity index (χ3n) is 2.15. The van der Waals surface area contributed by atoms with E-state index >= 15 is 0 Å². The van der Waals surface area contributed by atoms with Crippen LogP contribution in [0.2, 0.25) is 5.02 Å². The lowest BCUT2D eigenvalue weighted by Crippen LogP contribution is -2.15. The Morgan fingerprint density at radius 3 is 3.00 bits per heavy atom. The number of aromatic carboxylic acids is 1. The minimum absolute atomic E-state index is 0.0235. The van der Waals surface area contributed by atoms with E-state index in [4.69, 9.17) is 31.9 Å². The highest BCUT2D eigenvalue weighted by atomic mass is 35.5. The molecule has 0 bridgehead atoms. The Labute approximate surface area is 90.3 Å². The first-order valence-electron chi connectivity index (χ1n) is 4.16. The van der Waals surface area contributed by atoms with Crippen LogP contribution in [0.5, 0.6) is 5.75 Å². The maximum absolute atomic E-state index is 10.8. The van der Waals surface area contributed by atoms with Crippen molar-refractivity contribution < 1.29 is 19.4 Å². The lowest BCUT2D eigenvalue weighted by Gasteiger charge is -2.20. The number of carboxylic acids is 1. The Morgan fingerprint density at radius 2 is 2.33 bits per heavy atom. The molecule has 1 aliphatic rings. The largest absolute Gasteiger partial charge is 0.478 e. The van der Waals surface area contributed by atoms with Crippen molar-refractivity contribution in [3.63, 3.8) is 0 Å². The van der Waals surface area contributed by atoms with Crippen LogP contribution in [0.3, 0.4) is 0 Å². The van der Waals surface area contributed by atoms with Gasteiger partial charge in [0, 0.05) is 5.56 Å². The Kier molecular flexibility index (Phi) is 2.42. The molecule has 6 heteroatoms. The third-order valence-corrected chi connectivity index (χ3v) is 2.55. The number of anilines is 1. The molecule has 3 N–H and O–H groups in total. The molecular formula is C9H8ClNO4. The smallest absolute Gasteiger partial charge is 0.337 e. The van der Waals surface area contributed by atoms with Crippen molar-refractivity contribution in [1.29, 1.82) is 0 Å². The zero-order chi connectivity index (χ0) is 11.0. The Balaban J connectivity index is 2.63. The van der Waals surface area contributed by atoms with Gasteiger partial charge in [-0.25, -0.2) is 4.79 Å². The van der Waals surface area contributed by atoms with E-state index in [1.807, 2.05) is 0 Å². The molecule has 0 aromatic heterocycles. The van der Waals surface area contributed by atoms with E-state index < -0.39 is 5.97 Å². The molecule has 1 aliphatic heterocycles. The highest BCUT2D eigenvalue weighted by Crippen LogP contribution is 2.36. The number of hydrogen-bond donors (Lipinski definition) is 2. The molecule has 1 heterocycles. The van der Waals surface area contributed by atoms with Gasteiger partial charge in [0.2, 0.25) is 0 Å². The van der Waals surface area contributed by atoms with Crippen LogP contribution in [-0.2, 0) is 11.3 Å². The number of nitrogens with two attached hydrogens (primary N) is 1. The van der Waals surface area contributed by atoms with Crippen molar-refractivity contribution in [3.8, 4) is 5.75 Å². The second kappa shape index (κ2) is 3.60. The Morgan fingerprint density at radius 1 is 1.60 bits per heavy atom. The first-order chi connectivity index (χ1) is 7.11. The van der Waals surface area contributed by atoms with Crippen LogP contribution in [0.15, 0.2) is 6.07 Å². The molecule has 2 rings (SSSR count). The topological polar surface area (TPSA) is 81.8 Å². The maximum atomic E-state index is 10.8. The molecule has 1 aromatic rings. The Hall–Kier alpha value is -1.46. The summed E-state index contributed by atoms with van der Waals surface area (Å²) in [6.07, 6.45) is 0. The summed E-state index contributed by atoms with van der Waals surface area (Å²) in [5.41, 5.74) is 6.42. The molecule has 80 valence electrons. The number of fused-ring (bicyclic) bond motifs is 1. The van der Waals surface area contributed by atoms with E-state index in [1.165, 1.54) is 6.07 Å². The number of halogens is 1.